The molecule has 1 aromatic rings. The summed E-state index contributed by atoms with van der Waals surface area (Å²) in [5.74, 6) is -0.520. The normalized spacial score (nSPS) is 23.1. The fourth-order valence-corrected chi connectivity index (χ4v) is 2.26. The van der Waals surface area contributed by atoms with Gasteiger partial charge in [0.15, 0.2) is 0 Å². The third-order valence-electron chi connectivity index (χ3n) is 3.20. The fraction of sp³-hybridized carbons (Fsp3) is 0.538. The number of nitrogens with one attached hydrogen (secondary N) is 1. The highest BCUT2D eigenvalue weighted by atomic mass is 19.1. The summed E-state index contributed by atoms with van der Waals surface area (Å²) < 4.78 is 27.7. The minimum atomic E-state index is -1.19. The predicted molar refractivity (Wildman–Crippen MR) is 60.6 cm³/mol. The Morgan fingerprint density at radius 2 is 2.25 bits per heavy atom. The number of benzene rings is 1. The van der Waals surface area contributed by atoms with E-state index in [1.807, 2.05) is 6.92 Å². The SMILES string of the molecule is Cc1ccc(F)c(C(F)C2CCCNC2)c1. The molecule has 1 N–H and O–H groups in total. The first-order chi connectivity index (χ1) is 7.68. The van der Waals surface area contributed by atoms with E-state index in [1.54, 1.807) is 12.1 Å². The standard InChI is InChI=1S/C13H17F2N/c1-9-4-5-12(14)11(7-9)13(15)10-3-2-6-16-8-10/h4-5,7,10,13,16H,2-3,6,8H2,1H3. The average Bonchev–Trinajstić information content (AvgIpc) is 2.32. The molecule has 2 rings (SSSR count). The van der Waals surface area contributed by atoms with Gasteiger partial charge >= 0.3 is 0 Å². The fourth-order valence-electron chi connectivity index (χ4n) is 2.26. The van der Waals surface area contributed by atoms with Crippen LogP contribution in [0, 0.1) is 18.7 Å². The van der Waals surface area contributed by atoms with Crippen LogP contribution >= 0.6 is 0 Å². The molecule has 2 unspecified atom stereocenters. The third-order valence-corrected chi connectivity index (χ3v) is 3.20. The van der Waals surface area contributed by atoms with Crippen LogP contribution in [-0.4, -0.2) is 13.1 Å². The largest absolute Gasteiger partial charge is 0.316 e. The molecular weight excluding hydrogens is 208 g/mol. The zero-order valence-electron chi connectivity index (χ0n) is 9.47. The first kappa shape index (κ1) is 11.5. The number of piperidine rings is 1. The lowest BCUT2D eigenvalue weighted by molar-refractivity contribution is 0.190. The van der Waals surface area contributed by atoms with E-state index in [2.05, 4.69) is 5.32 Å². The van der Waals surface area contributed by atoms with Crippen molar-refractivity contribution < 1.29 is 8.78 Å². The van der Waals surface area contributed by atoms with Gasteiger partial charge in [-0.15, -0.1) is 0 Å². The minimum Gasteiger partial charge on any atom is -0.316 e. The van der Waals surface area contributed by atoms with E-state index in [0.29, 0.717) is 6.54 Å². The summed E-state index contributed by atoms with van der Waals surface area (Å²) in [6.07, 6.45) is 0.618. The van der Waals surface area contributed by atoms with Crippen LogP contribution in [0.1, 0.15) is 30.1 Å². The molecule has 1 heterocycles. The van der Waals surface area contributed by atoms with E-state index >= 15 is 0 Å². The molecule has 88 valence electrons. The maximum absolute atomic E-state index is 14.2. The second-order valence-corrected chi connectivity index (χ2v) is 4.53. The van der Waals surface area contributed by atoms with E-state index in [9.17, 15) is 8.78 Å². The van der Waals surface area contributed by atoms with Crippen molar-refractivity contribution in [2.75, 3.05) is 13.1 Å². The van der Waals surface area contributed by atoms with E-state index in [1.165, 1.54) is 6.07 Å². The zero-order valence-corrected chi connectivity index (χ0v) is 9.47. The maximum atomic E-state index is 14.2. The van der Waals surface area contributed by atoms with Crippen molar-refractivity contribution in [3.05, 3.63) is 35.1 Å². The van der Waals surface area contributed by atoms with Crippen LogP contribution in [0.5, 0.6) is 0 Å². The van der Waals surface area contributed by atoms with Crippen molar-refractivity contribution in [1.29, 1.82) is 0 Å². The lowest BCUT2D eigenvalue weighted by Crippen LogP contribution is -2.32. The van der Waals surface area contributed by atoms with Gasteiger partial charge in [0.05, 0.1) is 0 Å². The first-order valence-electron chi connectivity index (χ1n) is 5.79. The molecule has 2 atom stereocenters. The van der Waals surface area contributed by atoms with Crippen LogP contribution in [0.2, 0.25) is 0 Å². The van der Waals surface area contributed by atoms with Crippen molar-refractivity contribution in [1.82, 2.24) is 5.32 Å². The highest BCUT2D eigenvalue weighted by molar-refractivity contribution is 5.26. The summed E-state index contributed by atoms with van der Waals surface area (Å²) in [6, 6.07) is 4.65. The van der Waals surface area contributed by atoms with Crippen molar-refractivity contribution in [2.45, 2.75) is 25.9 Å². The Hall–Kier alpha value is -0.960. The minimum absolute atomic E-state index is 0.0925. The number of hydrogen-bond acceptors (Lipinski definition) is 1. The molecule has 0 aromatic heterocycles. The number of hydrogen-bond donors (Lipinski definition) is 1. The van der Waals surface area contributed by atoms with E-state index in [4.69, 9.17) is 0 Å². The van der Waals surface area contributed by atoms with Gasteiger partial charge in [0.1, 0.15) is 12.0 Å². The summed E-state index contributed by atoms with van der Waals surface area (Å²) in [5.41, 5.74) is 1.12. The number of rotatable bonds is 2. The molecule has 0 radical (unpaired) electrons. The Kier molecular flexibility index (Phi) is 3.54. The predicted octanol–water partition coefficient (Wildman–Crippen LogP) is 3.14. The molecule has 1 aromatic carbocycles. The molecule has 16 heavy (non-hydrogen) atoms. The topological polar surface area (TPSA) is 12.0 Å². The molecule has 1 saturated heterocycles. The van der Waals surface area contributed by atoms with Crippen LogP contribution in [0.4, 0.5) is 8.78 Å². The lowest BCUT2D eigenvalue weighted by Gasteiger charge is -2.26. The van der Waals surface area contributed by atoms with Crippen molar-refractivity contribution in [3.8, 4) is 0 Å². The van der Waals surface area contributed by atoms with E-state index < -0.39 is 12.0 Å². The van der Waals surface area contributed by atoms with E-state index in [0.717, 1.165) is 24.9 Å². The lowest BCUT2D eigenvalue weighted by atomic mass is 9.90. The molecule has 0 saturated carbocycles. The van der Waals surface area contributed by atoms with Gasteiger partial charge in [0.2, 0.25) is 0 Å². The molecule has 1 nitrogen and oxygen atoms in total. The van der Waals surface area contributed by atoms with Gasteiger partial charge in [0, 0.05) is 18.0 Å². The number of alkyl halides is 1. The molecule has 1 aliphatic heterocycles. The van der Waals surface area contributed by atoms with Gasteiger partial charge in [-0.3, -0.25) is 0 Å². The second kappa shape index (κ2) is 4.91. The smallest absolute Gasteiger partial charge is 0.132 e. The summed E-state index contributed by atoms with van der Waals surface area (Å²) in [5, 5.41) is 3.16. The Labute approximate surface area is 94.9 Å². The van der Waals surface area contributed by atoms with Crippen LogP contribution in [0.15, 0.2) is 18.2 Å². The van der Waals surface area contributed by atoms with Crippen molar-refractivity contribution in [3.63, 3.8) is 0 Å². The van der Waals surface area contributed by atoms with Gasteiger partial charge in [-0.1, -0.05) is 17.7 Å². The molecule has 1 aliphatic rings. The highest BCUT2D eigenvalue weighted by Gasteiger charge is 2.26. The quantitative estimate of drug-likeness (QED) is 0.815. The molecule has 0 aliphatic carbocycles. The molecule has 3 heteroatoms. The van der Waals surface area contributed by atoms with E-state index in [-0.39, 0.29) is 11.5 Å². The van der Waals surface area contributed by atoms with Gasteiger partial charge in [0.25, 0.3) is 0 Å². The maximum Gasteiger partial charge on any atom is 0.132 e. The number of aryl methyl sites for hydroxylation is 1. The second-order valence-electron chi connectivity index (χ2n) is 4.53. The Balaban J connectivity index is 2.18. The first-order valence-corrected chi connectivity index (χ1v) is 5.79. The third kappa shape index (κ3) is 2.40. The van der Waals surface area contributed by atoms with Crippen molar-refractivity contribution >= 4 is 0 Å². The van der Waals surface area contributed by atoms with Gasteiger partial charge in [-0.25, -0.2) is 8.78 Å². The van der Waals surface area contributed by atoms with Gasteiger partial charge in [-0.05, 0) is 32.4 Å². The van der Waals surface area contributed by atoms with Gasteiger partial charge < -0.3 is 5.32 Å². The van der Waals surface area contributed by atoms with Gasteiger partial charge in [-0.2, -0.15) is 0 Å². The molecule has 0 spiro atoms. The van der Waals surface area contributed by atoms with Crippen LogP contribution in [0.3, 0.4) is 0 Å². The molecular formula is C13H17F2N. The van der Waals surface area contributed by atoms with Crippen LogP contribution in [0.25, 0.3) is 0 Å². The molecule has 0 bridgehead atoms. The van der Waals surface area contributed by atoms with Crippen molar-refractivity contribution in [2.24, 2.45) is 5.92 Å². The summed E-state index contributed by atoms with van der Waals surface area (Å²) in [7, 11) is 0. The Morgan fingerprint density at radius 1 is 1.44 bits per heavy atom. The summed E-state index contributed by atoms with van der Waals surface area (Å²) >= 11 is 0. The van der Waals surface area contributed by atoms with Crippen LogP contribution in [-0.2, 0) is 0 Å². The average molecular weight is 225 g/mol. The Morgan fingerprint density at radius 3 is 2.94 bits per heavy atom. The molecule has 1 fully saturated rings. The summed E-state index contributed by atoms with van der Waals surface area (Å²) in [6.45, 7) is 3.45. The monoisotopic (exact) mass is 225 g/mol. The molecule has 0 amide bonds. The number of halogens is 2. The highest BCUT2D eigenvalue weighted by Crippen LogP contribution is 2.32. The summed E-state index contributed by atoms with van der Waals surface area (Å²) in [4.78, 5) is 0. The van der Waals surface area contributed by atoms with Crippen LogP contribution < -0.4 is 5.32 Å². The Bertz CT molecular complexity index is 359. The zero-order chi connectivity index (χ0) is 11.5.